The average molecular weight is 241 g/mol. The normalized spacial score (nSPS) is 16.5. The van der Waals surface area contributed by atoms with Crippen LogP contribution in [0.4, 0.5) is 5.69 Å². The summed E-state index contributed by atoms with van der Waals surface area (Å²) in [6, 6.07) is 8.92. The van der Waals surface area contributed by atoms with Gasteiger partial charge in [0, 0.05) is 18.4 Å². The fourth-order valence-electron chi connectivity index (χ4n) is 2.40. The molecule has 94 valence electrons. The molecule has 0 radical (unpaired) electrons. The molecule has 1 fully saturated rings. The van der Waals surface area contributed by atoms with E-state index < -0.39 is 0 Å². The zero-order valence-corrected chi connectivity index (χ0v) is 10.7. The van der Waals surface area contributed by atoms with Crippen LogP contribution in [0, 0.1) is 5.92 Å². The number of nitrogens with one attached hydrogen (secondary N) is 1. The fourth-order valence-corrected chi connectivity index (χ4v) is 2.40. The summed E-state index contributed by atoms with van der Waals surface area (Å²) in [5.41, 5.74) is 2.35. The van der Waals surface area contributed by atoms with E-state index in [-0.39, 0.29) is 0 Å². The molecule has 18 heavy (non-hydrogen) atoms. The number of hydrogen-bond donors (Lipinski definition) is 1. The lowest BCUT2D eigenvalue weighted by molar-refractivity contribution is 0.642. The Morgan fingerprint density at radius 2 is 2.22 bits per heavy atom. The maximum absolute atomic E-state index is 4.11. The molecule has 1 aliphatic rings. The number of nitrogens with zero attached hydrogens (tertiary/aromatic N) is 2. The molecule has 3 rings (SSSR count). The van der Waals surface area contributed by atoms with Crippen LogP contribution in [0.3, 0.4) is 0 Å². The van der Waals surface area contributed by atoms with Gasteiger partial charge in [-0.3, -0.25) is 0 Å². The van der Waals surface area contributed by atoms with E-state index in [2.05, 4.69) is 41.5 Å². The summed E-state index contributed by atoms with van der Waals surface area (Å²) in [6.45, 7) is 2.27. The lowest BCUT2D eigenvalue weighted by atomic mass is 10.1. The quantitative estimate of drug-likeness (QED) is 0.868. The molecule has 1 N–H and O–H groups in total. The van der Waals surface area contributed by atoms with Crippen LogP contribution in [0.2, 0.25) is 0 Å². The molecule has 1 unspecified atom stereocenters. The predicted molar refractivity (Wildman–Crippen MR) is 74.0 cm³/mol. The third-order valence-electron chi connectivity index (χ3n) is 3.47. The molecule has 0 bridgehead atoms. The van der Waals surface area contributed by atoms with E-state index in [1.807, 2.05) is 23.3 Å². The zero-order chi connectivity index (χ0) is 12.4. The molecule has 0 saturated heterocycles. The second-order valence-corrected chi connectivity index (χ2v) is 5.21. The summed E-state index contributed by atoms with van der Waals surface area (Å²) >= 11 is 0. The van der Waals surface area contributed by atoms with Gasteiger partial charge in [0.15, 0.2) is 0 Å². The van der Waals surface area contributed by atoms with E-state index >= 15 is 0 Å². The molecule has 1 atom stereocenters. The number of para-hydroxylation sites is 2. The molecule has 1 aromatic heterocycles. The largest absolute Gasteiger partial charge is 0.381 e. The number of imidazole rings is 1. The van der Waals surface area contributed by atoms with E-state index in [0.29, 0.717) is 6.04 Å². The minimum absolute atomic E-state index is 0.530. The maximum atomic E-state index is 4.11. The van der Waals surface area contributed by atoms with Gasteiger partial charge < -0.3 is 9.88 Å². The highest BCUT2D eigenvalue weighted by Gasteiger charge is 2.23. The van der Waals surface area contributed by atoms with Gasteiger partial charge in [0.05, 0.1) is 17.7 Å². The molecule has 0 amide bonds. The van der Waals surface area contributed by atoms with Gasteiger partial charge in [0.1, 0.15) is 0 Å². The van der Waals surface area contributed by atoms with Crippen molar-refractivity contribution in [3.8, 4) is 5.69 Å². The van der Waals surface area contributed by atoms with Crippen LogP contribution in [0.5, 0.6) is 0 Å². The van der Waals surface area contributed by atoms with Gasteiger partial charge in [0.2, 0.25) is 0 Å². The third-order valence-corrected chi connectivity index (χ3v) is 3.47. The number of anilines is 1. The number of hydrogen-bond acceptors (Lipinski definition) is 2. The van der Waals surface area contributed by atoms with Gasteiger partial charge in [-0.05, 0) is 31.4 Å². The number of rotatable bonds is 5. The predicted octanol–water partition coefficient (Wildman–Crippen LogP) is 3.47. The second kappa shape index (κ2) is 4.84. The smallest absolute Gasteiger partial charge is 0.0992 e. The third kappa shape index (κ3) is 2.55. The van der Waals surface area contributed by atoms with Crippen LogP contribution in [0.1, 0.15) is 26.2 Å². The van der Waals surface area contributed by atoms with Gasteiger partial charge in [0.25, 0.3) is 0 Å². The van der Waals surface area contributed by atoms with Crippen LogP contribution in [0.15, 0.2) is 43.0 Å². The Kier molecular flexibility index (Phi) is 3.05. The molecular formula is C15H19N3. The molecular weight excluding hydrogens is 222 g/mol. The number of aromatic nitrogens is 2. The van der Waals surface area contributed by atoms with Gasteiger partial charge in [-0.15, -0.1) is 0 Å². The van der Waals surface area contributed by atoms with Crippen LogP contribution in [-0.4, -0.2) is 15.6 Å². The summed E-state index contributed by atoms with van der Waals surface area (Å²) in [4.78, 5) is 4.11. The van der Waals surface area contributed by atoms with Crippen molar-refractivity contribution in [2.75, 3.05) is 5.32 Å². The van der Waals surface area contributed by atoms with Gasteiger partial charge in [-0.2, -0.15) is 0 Å². The van der Waals surface area contributed by atoms with Crippen molar-refractivity contribution in [2.45, 2.75) is 32.2 Å². The summed E-state index contributed by atoms with van der Waals surface area (Å²) in [6.07, 6.45) is 9.73. The Morgan fingerprint density at radius 3 is 2.94 bits per heavy atom. The van der Waals surface area contributed by atoms with E-state index in [0.717, 1.165) is 11.6 Å². The Morgan fingerprint density at radius 1 is 1.39 bits per heavy atom. The Bertz CT molecular complexity index is 500. The molecule has 3 heteroatoms. The van der Waals surface area contributed by atoms with E-state index in [1.165, 1.54) is 24.9 Å². The SMILES string of the molecule is CC(CC1CC1)Nc1ccccc1-n1ccnc1. The van der Waals surface area contributed by atoms with E-state index in [4.69, 9.17) is 0 Å². The standard InChI is InChI=1S/C15H19N3/c1-12(10-13-6-7-13)17-14-4-2-3-5-15(14)18-9-8-16-11-18/h2-5,8-9,11-13,17H,6-7,10H2,1H3. The van der Waals surface area contributed by atoms with Gasteiger partial charge >= 0.3 is 0 Å². The monoisotopic (exact) mass is 241 g/mol. The second-order valence-electron chi connectivity index (χ2n) is 5.21. The van der Waals surface area contributed by atoms with Crippen LogP contribution in [-0.2, 0) is 0 Å². The molecule has 0 aliphatic heterocycles. The Labute approximate surface area is 108 Å². The van der Waals surface area contributed by atoms with Gasteiger partial charge in [-0.25, -0.2) is 4.98 Å². The molecule has 1 aromatic carbocycles. The molecule has 2 aromatic rings. The lowest BCUT2D eigenvalue weighted by Crippen LogP contribution is -2.17. The highest BCUT2D eigenvalue weighted by molar-refractivity contribution is 5.61. The minimum Gasteiger partial charge on any atom is -0.381 e. The molecule has 1 heterocycles. The van der Waals surface area contributed by atoms with Crippen LogP contribution in [0.25, 0.3) is 5.69 Å². The highest BCUT2D eigenvalue weighted by atomic mass is 15.1. The van der Waals surface area contributed by atoms with E-state index in [1.54, 1.807) is 0 Å². The minimum atomic E-state index is 0.530. The van der Waals surface area contributed by atoms with Crippen molar-refractivity contribution in [1.82, 2.24) is 9.55 Å². The maximum Gasteiger partial charge on any atom is 0.0992 e. The van der Waals surface area contributed by atoms with E-state index in [9.17, 15) is 0 Å². The van der Waals surface area contributed by atoms with Crippen LogP contribution >= 0.6 is 0 Å². The van der Waals surface area contributed by atoms with Crippen molar-refractivity contribution < 1.29 is 0 Å². The molecule has 1 aliphatic carbocycles. The van der Waals surface area contributed by atoms with Crippen LogP contribution < -0.4 is 5.32 Å². The summed E-state index contributed by atoms with van der Waals surface area (Å²) in [5, 5.41) is 3.62. The molecule has 1 saturated carbocycles. The van der Waals surface area contributed by atoms with Crippen molar-refractivity contribution >= 4 is 5.69 Å². The zero-order valence-electron chi connectivity index (χ0n) is 10.7. The fraction of sp³-hybridized carbons (Fsp3) is 0.400. The lowest BCUT2D eigenvalue weighted by Gasteiger charge is -2.18. The first-order chi connectivity index (χ1) is 8.83. The van der Waals surface area contributed by atoms with Gasteiger partial charge in [-0.1, -0.05) is 25.0 Å². The summed E-state index contributed by atoms with van der Waals surface area (Å²) in [5.74, 6) is 0.952. The highest BCUT2D eigenvalue weighted by Crippen LogP contribution is 2.34. The van der Waals surface area contributed by atoms with Crippen molar-refractivity contribution in [3.05, 3.63) is 43.0 Å². The summed E-state index contributed by atoms with van der Waals surface area (Å²) < 4.78 is 2.05. The summed E-state index contributed by atoms with van der Waals surface area (Å²) in [7, 11) is 0. The first-order valence-electron chi connectivity index (χ1n) is 6.67. The van der Waals surface area contributed by atoms with Crippen molar-refractivity contribution in [3.63, 3.8) is 0 Å². The molecule has 3 nitrogen and oxygen atoms in total. The first-order valence-corrected chi connectivity index (χ1v) is 6.67. The Hall–Kier alpha value is -1.77. The Balaban J connectivity index is 1.78. The number of benzene rings is 1. The van der Waals surface area contributed by atoms with Crippen molar-refractivity contribution in [2.24, 2.45) is 5.92 Å². The topological polar surface area (TPSA) is 29.9 Å². The first kappa shape index (κ1) is 11.3. The molecule has 0 spiro atoms. The average Bonchev–Trinajstić information content (AvgIpc) is 3.01. The van der Waals surface area contributed by atoms with Crippen molar-refractivity contribution in [1.29, 1.82) is 0 Å².